The van der Waals surface area contributed by atoms with E-state index >= 15 is 0 Å². The van der Waals surface area contributed by atoms with Crippen LogP contribution in [0.2, 0.25) is 0 Å². The first kappa shape index (κ1) is 22.0. The minimum absolute atomic E-state index is 0.0818. The van der Waals surface area contributed by atoms with Crippen molar-refractivity contribution in [2.45, 2.75) is 33.2 Å². The molecule has 2 aromatic carbocycles. The smallest absolute Gasteiger partial charge is 0.254 e. The van der Waals surface area contributed by atoms with Crippen LogP contribution in [-0.4, -0.2) is 26.4 Å². The van der Waals surface area contributed by atoms with Crippen molar-refractivity contribution in [1.29, 1.82) is 0 Å². The van der Waals surface area contributed by atoms with Crippen molar-refractivity contribution < 1.29 is 14.3 Å². The zero-order valence-corrected chi connectivity index (χ0v) is 18.5. The van der Waals surface area contributed by atoms with Gasteiger partial charge in [-0.2, -0.15) is 5.10 Å². The number of nitrogens with zero attached hydrogens (tertiary/aromatic N) is 3. The molecule has 0 aliphatic carbocycles. The summed E-state index contributed by atoms with van der Waals surface area (Å²) in [5, 5.41) is 7.19. The van der Waals surface area contributed by atoms with E-state index in [0.29, 0.717) is 30.8 Å². The van der Waals surface area contributed by atoms with Crippen LogP contribution in [0.15, 0.2) is 60.8 Å². The zero-order chi connectivity index (χ0) is 23.4. The van der Waals surface area contributed by atoms with Gasteiger partial charge in [0.25, 0.3) is 5.91 Å². The van der Waals surface area contributed by atoms with E-state index in [9.17, 15) is 9.59 Å². The molecule has 0 aliphatic rings. The van der Waals surface area contributed by atoms with Crippen LogP contribution < -0.4 is 15.8 Å². The average molecular weight is 444 g/mol. The van der Waals surface area contributed by atoms with Crippen LogP contribution in [-0.2, 0) is 17.8 Å². The molecule has 0 fully saturated rings. The predicted octanol–water partition coefficient (Wildman–Crippen LogP) is 3.49. The van der Waals surface area contributed by atoms with E-state index in [1.54, 1.807) is 4.52 Å². The molecule has 3 N–H and O–H groups in total. The van der Waals surface area contributed by atoms with Crippen LogP contribution in [0.4, 0.5) is 0 Å². The third-order valence-corrected chi connectivity index (χ3v) is 5.50. The number of aryl methyl sites for hydroxylation is 2. The van der Waals surface area contributed by atoms with Crippen LogP contribution in [0, 0.1) is 13.8 Å². The number of rotatable bonds is 8. The summed E-state index contributed by atoms with van der Waals surface area (Å²) in [6, 6.07) is 17.1. The quantitative estimate of drug-likeness (QED) is 0.433. The molecule has 8 heteroatoms. The topological polar surface area (TPSA) is 112 Å². The molecule has 168 valence electrons. The molecule has 0 saturated heterocycles. The highest BCUT2D eigenvalue weighted by molar-refractivity contribution is 5.98. The largest absolute Gasteiger partial charge is 0.457 e. The molecule has 2 aromatic heterocycles. The molecule has 0 radical (unpaired) electrons. The Morgan fingerprint density at radius 1 is 1.06 bits per heavy atom. The SMILES string of the molecule is Cc1nc2c(C(N)=O)cnn2c(C)c1CCC(=O)NCc1ccccc1Oc1ccccc1. The van der Waals surface area contributed by atoms with Crippen LogP contribution in [0.1, 0.15) is 39.3 Å². The summed E-state index contributed by atoms with van der Waals surface area (Å²) in [4.78, 5) is 28.7. The lowest BCUT2D eigenvalue weighted by molar-refractivity contribution is -0.121. The first-order valence-corrected chi connectivity index (χ1v) is 10.6. The number of fused-ring (bicyclic) bond motifs is 1. The Hall–Kier alpha value is -4.20. The van der Waals surface area contributed by atoms with Crippen LogP contribution in [0.25, 0.3) is 5.65 Å². The summed E-state index contributed by atoms with van der Waals surface area (Å²) < 4.78 is 7.55. The minimum atomic E-state index is -0.569. The van der Waals surface area contributed by atoms with Gasteiger partial charge in [-0.25, -0.2) is 9.50 Å². The van der Waals surface area contributed by atoms with Crippen molar-refractivity contribution in [3.63, 3.8) is 0 Å². The fourth-order valence-corrected chi connectivity index (χ4v) is 3.73. The lowest BCUT2D eigenvalue weighted by Crippen LogP contribution is -2.23. The number of carbonyl (C=O) groups excluding carboxylic acids is 2. The lowest BCUT2D eigenvalue weighted by atomic mass is 10.1. The van der Waals surface area contributed by atoms with Crippen molar-refractivity contribution >= 4 is 17.5 Å². The monoisotopic (exact) mass is 443 g/mol. The number of para-hydroxylation sites is 2. The number of benzene rings is 2. The maximum absolute atomic E-state index is 12.6. The number of carbonyl (C=O) groups is 2. The van der Waals surface area contributed by atoms with Gasteiger partial charge < -0.3 is 15.8 Å². The highest BCUT2D eigenvalue weighted by Crippen LogP contribution is 2.25. The predicted molar refractivity (Wildman–Crippen MR) is 124 cm³/mol. The molecular formula is C25H25N5O3. The normalized spacial score (nSPS) is 10.8. The number of ether oxygens (including phenoxy) is 1. The highest BCUT2D eigenvalue weighted by atomic mass is 16.5. The molecule has 2 heterocycles. The number of primary amides is 1. The molecule has 8 nitrogen and oxygen atoms in total. The summed E-state index contributed by atoms with van der Waals surface area (Å²) >= 11 is 0. The Balaban J connectivity index is 1.41. The van der Waals surface area contributed by atoms with E-state index in [0.717, 1.165) is 28.3 Å². The summed E-state index contributed by atoms with van der Waals surface area (Å²) in [6.45, 7) is 4.11. The Labute approximate surface area is 191 Å². The third kappa shape index (κ3) is 4.85. The van der Waals surface area contributed by atoms with Gasteiger partial charge >= 0.3 is 0 Å². The number of nitrogens with two attached hydrogens (primary N) is 1. The fraction of sp³-hybridized carbons (Fsp3) is 0.200. The molecule has 2 amide bonds. The van der Waals surface area contributed by atoms with Gasteiger partial charge in [0.1, 0.15) is 17.1 Å². The summed E-state index contributed by atoms with van der Waals surface area (Å²) in [7, 11) is 0. The van der Waals surface area contributed by atoms with Crippen LogP contribution >= 0.6 is 0 Å². The van der Waals surface area contributed by atoms with E-state index in [2.05, 4.69) is 15.4 Å². The summed E-state index contributed by atoms with van der Waals surface area (Å²) in [6.07, 6.45) is 2.21. The molecule has 0 unspecified atom stereocenters. The zero-order valence-electron chi connectivity index (χ0n) is 18.5. The fourth-order valence-electron chi connectivity index (χ4n) is 3.73. The van der Waals surface area contributed by atoms with Gasteiger partial charge in [0, 0.05) is 29.9 Å². The van der Waals surface area contributed by atoms with E-state index in [1.807, 2.05) is 68.4 Å². The lowest BCUT2D eigenvalue weighted by Gasteiger charge is -2.13. The minimum Gasteiger partial charge on any atom is -0.457 e. The molecular weight excluding hydrogens is 418 g/mol. The molecule has 0 atom stereocenters. The number of aromatic nitrogens is 3. The Morgan fingerprint density at radius 2 is 1.79 bits per heavy atom. The van der Waals surface area contributed by atoms with Crippen molar-refractivity contribution in [3.05, 3.63) is 88.9 Å². The van der Waals surface area contributed by atoms with Gasteiger partial charge in [-0.05, 0) is 44.0 Å². The van der Waals surface area contributed by atoms with Gasteiger partial charge in [0.15, 0.2) is 5.65 Å². The number of amides is 2. The van der Waals surface area contributed by atoms with Crippen molar-refractivity contribution in [2.24, 2.45) is 5.73 Å². The summed E-state index contributed by atoms with van der Waals surface area (Å²) in [5.74, 6) is 0.791. The van der Waals surface area contributed by atoms with E-state index in [4.69, 9.17) is 10.5 Å². The van der Waals surface area contributed by atoms with E-state index in [1.165, 1.54) is 6.20 Å². The van der Waals surface area contributed by atoms with E-state index < -0.39 is 5.91 Å². The van der Waals surface area contributed by atoms with Gasteiger partial charge in [-0.3, -0.25) is 9.59 Å². The third-order valence-electron chi connectivity index (χ3n) is 5.50. The van der Waals surface area contributed by atoms with Crippen molar-refractivity contribution in [3.8, 4) is 11.5 Å². The van der Waals surface area contributed by atoms with E-state index in [-0.39, 0.29) is 11.5 Å². The van der Waals surface area contributed by atoms with Gasteiger partial charge in [0.05, 0.1) is 6.20 Å². The second-order valence-electron chi connectivity index (χ2n) is 7.72. The molecule has 0 saturated carbocycles. The second-order valence-corrected chi connectivity index (χ2v) is 7.72. The molecule has 4 rings (SSSR count). The number of nitrogens with one attached hydrogen (secondary N) is 1. The number of hydrogen-bond donors (Lipinski definition) is 2. The Bertz CT molecular complexity index is 1310. The maximum Gasteiger partial charge on any atom is 0.254 e. The van der Waals surface area contributed by atoms with Crippen molar-refractivity contribution in [1.82, 2.24) is 19.9 Å². The van der Waals surface area contributed by atoms with Crippen LogP contribution in [0.5, 0.6) is 11.5 Å². The standard InChI is InChI=1S/C25H25N5O3/c1-16-20(17(2)30-25(29-16)21(15-28-30)24(26)32)12-13-23(31)27-14-18-8-6-7-11-22(18)33-19-9-4-3-5-10-19/h3-11,15H,12-14H2,1-2H3,(H2,26,32)(H,27,31). The van der Waals surface area contributed by atoms with Gasteiger partial charge in [-0.15, -0.1) is 0 Å². The molecule has 0 bridgehead atoms. The highest BCUT2D eigenvalue weighted by Gasteiger charge is 2.17. The summed E-state index contributed by atoms with van der Waals surface area (Å²) in [5.41, 5.74) is 9.50. The van der Waals surface area contributed by atoms with Gasteiger partial charge in [0.2, 0.25) is 5.91 Å². The Kier molecular flexibility index (Phi) is 6.35. The van der Waals surface area contributed by atoms with Crippen molar-refractivity contribution in [2.75, 3.05) is 0 Å². The first-order chi connectivity index (χ1) is 15.9. The molecule has 0 aliphatic heterocycles. The first-order valence-electron chi connectivity index (χ1n) is 10.6. The molecule has 33 heavy (non-hydrogen) atoms. The Morgan fingerprint density at radius 3 is 2.55 bits per heavy atom. The van der Waals surface area contributed by atoms with Crippen LogP contribution in [0.3, 0.4) is 0 Å². The second kappa shape index (κ2) is 9.52. The van der Waals surface area contributed by atoms with Gasteiger partial charge in [-0.1, -0.05) is 36.4 Å². The average Bonchev–Trinajstić information content (AvgIpc) is 3.23. The maximum atomic E-state index is 12.6. The molecule has 0 spiro atoms. The molecule has 4 aromatic rings. The number of hydrogen-bond acceptors (Lipinski definition) is 5.